The summed E-state index contributed by atoms with van der Waals surface area (Å²) in [6.45, 7) is 1.29. The molecule has 0 aliphatic heterocycles. The Kier molecular flexibility index (Phi) is 5.39. The number of hydrogen-bond donors (Lipinski definition) is 1. The summed E-state index contributed by atoms with van der Waals surface area (Å²) in [6.07, 6.45) is 0.599. The molecule has 0 bridgehead atoms. The second-order valence-corrected chi connectivity index (χ2v) is 3.06. The molecule has 1 N–H and O–H groups in total. The van der Waals surface area contributed by atoms with Crippen molar-refractivity contribution in [2.24, 2.45) is 0 Å². The molecular weight excluding hydrogens is 172 g/mol. The number of rotatable bonds is 6. The molecule has 0 heterocycles. The molecule has 11 heavy (non-hydrogen) atoms. The van der Waals surface area contributed by atoms with Crippen molar-refractivity contribution in [1.29, 1.82) is 0 Å². The first-order chi connectivity index (χ1) is 5.12. The van der Waals surface area contributed by atoms with E-state index in [0.29, 0.717) is 6.42 Å². The van der Waals surface area contributed by atoms with Crippen LogP contribution in [0.5, 0.6) is 0 Å². The van der Waals surface area contributed by atoms with E-state index in [0.717, 1.165) is 0 Å². The highest BCUT2D eigenvalue weighted by molar-refractivity contribution is 7.81. The van der Waals surface area contributed by atoms with Crippen LogP contribution in [0.25, 0.3) is 0 Å². The van der Waals surface area contributed by atoms with Crippen LogP contribution in [-0.4, -0.2) is 33.3 Å². The van der Waals surface area contributed by atoms with Crippen molar-refractivity contribution in [3.8, 4) is 0 Å². The standard InChI is InChI=1S/C5H12O5S/c1-2-4-9-11(7,8)10-5-3-6/h6H,2-5H2,1H3. The lowest BCUT2D eigenvalue weighted by molar-refractivity contribution is 0.168. The van der Waals surface area contributed by atoms with E-state index < -0.39 is 10.4 Å². The van der Waals surface area contributed by atoms with Gasteiger partial charge in [-0.25, -0.2) is 8.37 Å². The van der Waals surface area contributed by atoms with E-state index in [9.17, 15) is 8.42 Å². The van der Waals surface area contributed by atoms with E-state index in [4.69, 9.17) is 5.11 Å². The second-order valence-electron chi connectivity index (χ2n) is 1.78. The summed E-state index contributed by atoms with van der Waals surface area (Å²) in [5.74, 6) is 0. The van der Waals surface area contributed by atoms with Crippen molar-refractivity contribution in [2.45, 2.75) is 13.3 Å². The second kappa shape index (κ2) is 5.48. The van der Waals surface area contributed by atoms with Crippen LogP contribution in [0, 0.1) is 0 Å². The molecule has 68 valence electrons. The summed E-state index contributed by atoms with van der Waals surface area (Å²) in [7, 11) is -3.87. The third-order valence-corrected chi connectivity index (χ3v) is 1.66. The zero-order chi connectivity index (χ0) is 8.74. The molecule has 6 heteroatoms. The van der Waals surface area contributed by atoms with Gasteiger partial charge in [0.15, 0.2) is 0 Å². The van der Waals surface area contributed by atoms with Crippen LogP contribution in [0.4, 0.5) is 0 Å². The van der Waals surface area contributed by atoms with E-state index in [2.05, 4.69) is 8.37 Å². The van der Waals surface area contributed by atoms with Crippen LogP contribution in [-0.2, 0) is 18.8 Å². The van der Waals surface area contributed by atoms with Gasteiger partial charge in [0.25, 0.3) is 0 Å². The van der Waals surface area contributed by atoms with Crippen molar-refractivity contribution < 1.29 is 21.9 Å². The van der Waals surface area contributed by atoms with Crippen molar-refractivity contribution in [2.75, 3.05) is 19.8 Å². The first-order valence-electron chi connectivity index (χ1n) is 3.27. The predicted molar refractivity (Wildman–Crippen MR) is 38.2 cm³/mol. The molecular formula is C5H12O5S. The Bertz CT molecular complexity index is 159. The van der Waals surface area contributed by atoms with E-state index >= 15 is 0 Å². The molecule has 0 atom stereocenters. The normalized spacial score (nSPS) is 11.8. The highest BCUT2D eigenvalue weighted by Gasteiger charge is 2.09. The first kappa shape index (κ1) is 10.8. The van der Waals surface area contributed by atoms with E-state index in [1.54, 1.807) is 6.92 Å². The molecule has 0 aromatic carbocycles. The molecule has 0 spiro atoms. The van der Waals surface area contributed by atoms with Crippen LogP contribution in [0.15, 0.2) is 0 Å². The highest BCUT2D eigenvalue weighted by Crippen LogP contribution is 1.95. The Labute approximate surface area is 66.3 Å². The maximum atomic E-state index is 10.6. The van der Waals surface area contributed by atoms with Gasteiger partial charge in [-0.2, -0.15) is 8.42 Å². The Balaban J connectivity index is 3.63. The van der Waals surface area contributed by atoms with Crippen molar-refractivity contribution in [3.63, 3.8) is 0 Å². The summed E-state index contributed by atoms with van der Waals surface area (Å²) < 4.78 is 29.7. The van der Waals surface area contributed by atoms with Crippen LogP contribution in [0.2, 0.25) is 0 Å². The minimum Gasteiger partial charge on any atom is -0.394 e. The lowest BCUT2D eigenvalue weighted by atomic mass is 10.5. The third-order valence-electron chi connectivity index (χ3n) is 0.751. The van der Waals surface area contributed by atoms with E-state index in [1.807, 2.05) is 0 Å². The van der Waals surface area contributed by atoms with Gasteiger partial charge in [-0.15, -0.1) is 0 Å². The molecule has 0 aromatic rings. The zero-order valence-corrected chi connectivity index (χ0v) is 7.13. The summed E-state index contributed by atoms with van der Waals surface area (Å²) in [6, 6.07) is 0. The number of aliphatic hydroxyl groups excluding tert-OH is 1. The average Bonchev–Trinajstić information content (AvgIpc) is 1.97. The number of hydrogen-bond acceptors (Lipinski definition) is 5. The molecule has 5 nitrogen and oxygen atoms in total. The Morgan fingerprint density at radius 2 is 1.82 bits per heavy atom. The Hall–Kier alpha value is -0.170. The SMILES string of the molecule is CCCOS(=O)(=O)OCCO. The molecule has 0 fully saturated rings. The van der Waals surface area contributed by atoms with Gasteiger partial charge < -0.3 is 5.11 Å². The van der Waals surface area contributed by atoms with Gasteiger partial charge in [0.05, 0.1) is 19.8 Å². The summed E-state index contributed by atoms with van der Waals surface area (Å²) in [4.78, 5) is 0. The fourth-order valence-electron chi connectivity index (χ4n) is 0.359. The fourth-order valence-corrected chi connectivity index (χ4v) is 1.08. The van der Waals surface area contributed by atoms with Gasteiger partial charge in [0, 0.05) is 0 Å². The highest BCUT2D eigenvalue weighted by atomic mass is 32.3. The minimum absolute atomic E-state index is 0.105. The Morgan fingerprint density at radius 3 is 2.27 bits per heavy atom. The average molecular weight is 184 g/mol. The largest absolute Gasteiger partial charge is 0.399 e. The molecule has 0 saturated heterocycles. The third kappa shape index (κ3) is 6.24. The van der Waals surface area contributed by atoms with Crippen LogP contribution in [0.1, 0.15) is 13.3 Å². The summed E-state index contributed by atoms with van der Waals surface area (Å²) in [5, 5.41) is 8.21. The van der Waals surface area contributed by atoms with Gasteiger partial charge in [0.2, 0.25) is 0 Å². The van der Waals surface area contributed by atoms with Crippen LogP contribution in [0.3, 0.4) is 0 Å². The van der Waals surface area contributed by atoms with Gasteiger partial charge in [-0.05, 0) is 6.42 Å². The van der Waals surface area contributed by atoms with Crippen molar-refractivity contribution in [3.05, 3.63) is 0 Å². The van der Waals surface area contributed by atoms with E-state index in [1.165, 1.54) is 0 Å². The topological polar surface area (TPSA) is 72.8 Å². The molecule has 0 aliphatic carbocycles. The van der Waals surface area contributed by atoms with Crippen molar-refractivity contribution in [1.82, 2.24) is 0 Å². The van der Waals surface area contributed by atoms with Crippen LogP contribution < -0.4 is 0 Å². The van der Waals surface area contributed by atoms with Crippen LogP contribution >= 0.6 is 0 Å². The van der Waals surface area contributed by atoms with E-state index in [-0.39, 0.29) is 19.8 Å². The molecule has 0 amide bonds. The van der Waals surface area contributed by atoms with Gasteiger partial charge in [-0.1, -0.05) is 6.92 Å². The minimum atomic E-state index is -3.87. The summed E-state index contributed by atoms with van der Waals surface area (Å²) >= 11 is 0. The predicted octanol–water partition coefficient (Wildman–Crippen LogP) is -0.333. The van der Waals surface area contributed by atoms with Gasteiger partial charge in [-0.3, -0.25) is 0 Å². The lowest BCUT2D eigenvalue weighted by Gasteiger charge is -2.02. The Morgan fingerprint density at radius 1 is 1.27 bits per heavy atom. The lowest BCUT2D eigenvalue weighted by Crippen LogP contribution is -2.13. The zero-order valence-electron chi connectivity index (χ0n) is 6.32. The fraction of sp³-hybridized carbons (Fsp3) is 1.00. The molecule has 0 rings (SSSR count). The monoisotopic (exact) mass is 184 g/mol. The molecule has 0 radical (unpaired) electrons. The quantitative estimate of drug-likeness (QED) is 0.611. The maximum Gasteiger partial charge on any atom is 0.399 e. The first-order valence-corrected chi connectivity index (χ1v) is 4.60. The van der Waals surface area contributed by atoms with Gasteiger partial charge >= 0.3 is 10.4 Å². The molecule has 0 saturated carbocycles. The molecule has 0 unspecified atom stereocenters. The molecule has 0 aliphatic rings. The summed E-state index contributed by atoms with van der Waals surface area (Å²) in [5.41, 5.74) is 0. The maximum absolute atomic E-state index is 10.6. The smallest absolute Gasteiger partial charge is 0.394 e. The number of aliphatic hydroxyl groups is 1. The van der Waals surface area contributed by atoms with Crippen molar-refractivity contribution >= 4 is 10.4 Å². The molecule has 0 aromatic heterocycles. The van der Waals surface area contributed by atoms with Gasteiger partial charge in [0.1, 0.15) is 0 Å².